The number of rotatable bonds is 3. The molecular weight excluding hydrogens is 394 g/mol. The minimum absolute atomic E-state index is 0.0200. The fourth-order valence-electron chi connectivity index (χ4n) is 3.52. The number of anilines is 1. The summed E-state index contributed by atoms with van der Waals surface area (Å²) in [7, 11) is 0. The van der Waals surface area contributed by atoms with Gasteiger partial charge < -0.3 is 5.73 Å². The van der Waals surface area contributed by atoms with Crippen molar-refractivity contribution in [2.45, 2.75) is 0 Å². The Morgan fingerprint density at radius 2 is 1.48 bits per heavy atom. The van der Waals surface area contributed by atoms with Gasteiger partial charge in [0.1, 0.15) is 0 Å². The zero-order valence-electron chi connectivity index (χ0n) is 16.1. The molecule has 5 rings (SSSR count). The normalized spacial score (nSPS) is 12.8. The molecule has 0 spiro atoms. The minimum atomic E-state index is -0.905. The molecule has 1 aromatic heterocycles. The van der Waals surface area contributed by atoms with Crippen molar-refractivity contribution >= 4 is 23.4 Å². The first-order valence-corrected chi connectivity index (χ1v) is 9.46. The van der Waals surface area contributed by atoms with E-state index in [2.05, 4.69) is 10.1 Å². The van der Waals surface area contributed by atoms with Gasteiger partial charge in [-0.25, -0.2) is 14.6 Å². The summed E-state index contributed by atoms with van der Waals surface area (Å²) in [6.45, 7) is 0. The molecule has 31 heavy (non-hydrogen) atoms. The SMILES string of the molecule is Nc1cccc2c1C(=O)N(C(=O)c1nc(-c3ccccc3)n(-c3ccccc3)n1)C2=O. The zero-order chi connectivity index (χ0) is 21.5. The van der Waals surface area contributed by atoms with Crippen molar-refractivity contribution in [3.63, 3.8) is 0 Å². The van der Waals surface area contributed by atoms with Gasteiger partial charge in [-0.15, -0.1) is 5.10 Å². The second-order valence-electron chi connectivity index (χ2n) is 6.89. The Morgan fingerprint density at radius 3 is 2.16 bits per heavy atom. The number of para-hydroxylation sites is 1. The van der Waals surface area contributed by atoms with Gasteiger partial charge in [0.25, 0.3) is 11.8 Å². The summed E-state index contributed by atoms with van der Waals surface area (Å²) in [6.07, 6.45) is 0. The molecule has 0 saturated heterocycles. The van der Waals surface area contributed by atoms with Gasteiger partial charge in [0.2, 0.25) is 5.82 Å². The van der Waals surface area contributed by atoms with Crippen molar-refractivity contribution in [1.82, 2.24) is 19.7 Å². The molecule has 0 saturated carbocycles. The number of aromatic nitrogens is 3. The van der Waals surface area contributed by atoms with Gasteiger partial charge in [-0.2, -0.15) is 0 Å². The van der Waals surface area contributed by atoms with Gasteiger partial charge in [0, 0.05) is 11.3 Å². The first-order chi connectivity index (χ1) is 15.1. The van der Waals surface area contributed by atoms with E-state index in [-0.39, 0.29) is 22.6 Å². The summed E-state index contributed by atoms with van der Waals surface area (Å²) in [6, 6.07) is 22.9. The third kappa shape index (κ3) is 2.89. The van der Waals surface area contributed by atoms with Gasteiger partial charge in [0.05, 0.1) is 16.8 Å². The Morgan fingerprint density at radius 1 is 0.806 bits per heavy atom. The Bertz CT molecular complexity index is 1290. The molecule has 1 aliphatic rings. The molecule has 8 heteroatoms. The number of nitrogens with zero attached hydrogens (tertiary/aromatic N) is 4. The van der Waals surface area contributed by atoms with Crippen LogP contribution in [0.1, 0.15) is 31.3 Å². The average molecular weight is 409 g/mol. The molecule has 0 fully saturated rings. The largest absolute Gasteiger partial charge is 0.398 e. The van der Waals surface area contributed by atoms with Crippen molar-refractivity contribution in [2.75, 3.05) is 5.73 Å². The summed E-state index contributed by atoms with van der Waals surface area (Å²) < 4.78 is 1.51. The van der Waals surface area contributed by atoms with Crippen LogP contribution < -0.4 is 5.73 Å². The van der Waals surface area contributed by atoms with Crippen LogP contribution in [0.5, 0.6) is 0 Å². The van der Waals surface area contributed by atoms with E-state index in [1.54, 1.807) is 6.07 Å². The lowest BCUT2D eigenvalue weighted by atomic mass is 10.1. The highest BCUT2D eigenvalue weighted by Gasteiger charge is 2.43. The van der Waals surface area contributed by atoms with Gasteiger partial charge in [-0.1, -0.05) is 54.6 Å². The third-order valence-electron chi connectivity index (χ3n) is 4.98. The van der Waals surface area contributed by atoms with Crippen LogP contribution in [-0.2, 0) is 0 Å². The molecule has 0 atom stereocenters. The monoisotopic (exact) mass is 409 g/mol. The van der Waals surface area contributed by atoms with Crippen LogP contribution >= 0.6 is 0 Å². The van der Waals surface area contributed by atoms with Crippen LogP contribution in [0, 0.1) is 0 Å². The topological polar surface area (TPSA) is 111 Å². The molecule has 8 nitrogen and oxygen atoms in total. The van der Waals surface area contributed by atoms with Crippen LogP contribution in [0.25, 0.3) is 17.1 Å². The summed E-state index contributed by atoms with van der Waals surface area (Å²) >= 11 is 0. The number of carbonyl (C=O) groups excluding carboxylic acids is 3. The maximum atomic E-state index is 13.2. The van der Waals surface area contributed by atoms with Crippen molar-refractivity contribution in [3.05, 3.63) is 95.8 Å². The Hall–Kier alpha value is -4.59. The van der Waals surface area contributed by atoms with Crippen LogP contribution in [0.4, 0.5) is 5.69 Å². The number of nitrogen functional groups attached to an aromatic ring is 1. The van der Waals surface area contributed by atoms with Gasteiger partial charge in [-0.05, 0) is 24.3 Å². The first-order valence-electron chi connectivity index (χ1n) is 9.46. The molecule has 2 N–H and O–H groups in total. The van der Waals surface area contributed by atoms with Gasteiger partial charge in [-0.3, -0.25) is 14.4 Å². The molecule has 0 unspecified atom stereocenters. The lowest BCUT2D eigenvalue weighted by Crippen LogP contribution is -2.37. The van der Waals surface area contributed by atoms with E-state index in [0.29, 0.717) is 16.4 Å². The number of hydrogen-bond acceptors (Lipinski definition) is 6. The summed E-state index contributed by atoms with van der Waals surface area (Å²) in [5.41, 5.74) is 7.51. The Kier molecular flexibility index (Phi) is 4.18. The smallest absolute Gasteiger partial charge is 0.307 e. The van der Waals surface area contributed by atoms with Crippen molar-refractivity contribution in [1.29, 1.82) is 0 Å². The molecule has 1 aliphatic heterocycles. The van der Waals surface area contributed by atoms with Gasteiger partial charge >= 0.3 is 5.91 Å². The number of benzene rings is 3. The van der Waals surface area contributed by atoms with E-state index >= 15 is 0 Å². The van der Waals surface area contributed by atoms with E-state index in [0.717, 1.165) is 5.56 Å². The fourth-order valence-corrected chi connectivity index (χ4v) is 3.52. The third-order valence-corrected chi connectivity index (χ3v) is 4.98. The second kappa shape index (κ2) is 7.03. The molecule has 3 amide bonds. The highest BCUT2D eigenvalue weighted by atomic mass is 16.2. The van der Waals surface area contributed by atoms with Crippen molar-refractivity contribution in [2.24, 2.45) is 0 Å². The van der Waals surface area contributed by atoms with Crippen molar-refractivity contribution in [3.8, 4) is 17.1 Å². The Balaban J connectivity index is 1.61. The summed E-state index contributed by atoms with van der Waals surface area (Å²) in [4.78, 5) is 43.7. The predicted octanol–water partition coefficient (Wildman–Crippen LogP) is 2.95. The lowest BCUT2D eigenvalue weighted by Gasteiger charge is -2.09. The zero-order valence-corrected chi connectivity index (χ0v) is 16.1. The van der Waals surface area contributed by atoms with Crippen LogP contribution in [-0.4, -0.2) is 37.4 Å². The molecule has 2 heterocycles. The molecule has 0 aliphatic carbocycles. The van der Waals surface area contributed by atoms with Crippen LogP contribution in [0.3, 0.4) is 0 Å². The molecule has 0 bridgehead atoms. The van der Waals surface area contributed by atoms with Crippen LogP contribution in [0.15, 0.2) is 78.9 Å². The fraction of sp³-hybridized carbons (Fsp3) is 0. The quantitative estimate of drug-likeness (QED) is 0.411. The Labute approximate surface area is 176 Å². The van der Waals surface area contributed by atoms with E-state index < -0.39 is 17.7 Å². The highest BCUT2D eigenvalue weighted by molar-refractivity contribution is 6.32. The summed E-state index contributed by atoms with van der Waals surface area (Å²) in [5, 5.41) is 4.33. The average Bonchev–Trinajstić information content (AvgIpc) is 3.35. The lowest BCUT2D eigenvalue weighted by molar-refractivity contribution is 0.0560. The molecule has 4 aromatic rings. The highest BCUT2D eigenvalue weighted by Crippen LogP contribution is 2.29. The molecule has 3 aromatic carbocycles. The van der Waals surface area contributed by atoms with E-state index in [4.69, 9.17) is 5.73 Å². The van der Waals surface area contributed by atoms with Gasteiger partial charge in [0.15, 0.2) is 5.82 Å². The minimum Gasteiger partial charge on any atom is -0.398 e. The number of amides is 3. The van der Waals surface area contributed by atoms with Crippen LogP contribution in [0.2, 0.25) is 0 Å². The van der Waals surface area contributed by atoms with E-state index in [1.165, 1.54) is 16.8 Å². The molecule has 0 radical (unpaired) electrons. The maximum Gasteiger partial charge on any atom is 0.307 e. The molecular formula is C23H15N5O3. The predicted molar refractivity (Wildman–Crippen MR) is 112 cm³/mol. The number of hydrogen-bond donors (Lipinski definition) is 1. The van der Waals surface area contributed by atoms with E-state index in [9.17, 15) is 14.4 Å². The number of nitrogens with two attached hydrogens (primary N) is 1. The molecule has 150 valence electrons. The first kappa shape index (κ1) is 18.4. The summed E-state index contributed by atoms with van der Waals surface area (Å²) in [5.74, 6) is -2.28. The standard InChI is InChI=1S/C23H15N5O3/c24-17-13-7-12-16-18(17)22(30)27(21(16)29)23(31)19-25-20(14-8-3-1-4-9-14)28(26-19)15-10-5-2-6-11-15/h1-13H,24H2. The van der Waals surface area contributed by atoms with Crippen molar-refractivity contribution < 1.29 is 14.4 Å². The number of fused-ring (bicyclic) bond motifs is 1. The second-order valence-corrected chi connectivity index (χ2v) is 6.89. The van der Waals surface area contributed by atoms with E-state index in [1.807, 2.05) is 60.7 Å². The maximum absolute atomic E-state index is 13.2. The number of imide groups is 3. The number of carbonyl (C=O) groups is 3.